The Bertz CT molecular complexity index is 399. The number of carbonyl (C=O) groups is 1. The van der Waals surface area contributed by atoms with Crippen molar-refractivity contribution in [2.75, 3.05) is 11.9 Å². The Morgan fingerprint density at radius 2 is 2.17 bits per heavy atom. The van der Waals surface area contributed by atoms with E-state index in [0.29, 0.717) is 5.95 Å². The van der Waals surface area contributed by atoms with Crippen molar-refractivity contribution in [1.82, 2.24) is 9.97 Å². The molecule has 100 valence electrons. The number of hydrogen-bond donors (Lipinski definition) is 1. The highest BCUT2D eigenvalue weighted by atomic mass is 16.6. The van der Waals surface area contributed by atoms with Crippen LogP contribution in [0.15, 0.2) is 12.3 Å². The van der Waals surface area contributed by atoms with Gasteiger partial charge in [0.1, 0.15) is 5.60 Å². The summed E-state index contributed by atoms with van der Waals surface area (Å²) in [6.07, 6.45) is 3.69. The summed E-state index contributed by atoms with van der Waals surface area (Å²) in [6.45, 7) is 8.39. The highest BCUT2D eigenvalue weighted by molar-refractivity contribution is 5.87. The molecule has 1 heterocycles. The summed E-state index contributed by atoms with van der Waals surface area (Å²) in [6, 6.07) is 1.55. The average Bonchev–Trinajstić information content (AvgIpc) is 2.27. The molecule has 1 N–H and O–H groups in total. The van der Waals surface area contributed by atoms with Gasteiger partial charge < -0.3 is 10.1 Å². The lowest BCUT2D eigenvalue weighted by Gasteiger charge is -2.19. The summed E-state index contributed by atoms with van der Waals surface area (Å²) in [5.74, 6) is 0.0373. The third-order valence-electron chi connectivity index (χ3n) is 2.08. The van der Waals surface area contributed by atoms with Crippen molar-refractivity contribution in [3.63, 3.8) is 0 Å². The predicted molar refractivity (Wildman–Crippen MR) is 70.6 cm³/mol. The molecule has 0 spiro atoms. The first-order valence-electron chi connectivity index (χ1n) is 6.22. The molecule has 0 fully saturated rings. The van der Waals surface area contributed by atoms with E-state index in [1.54, 1.807) is 12.3 Å². The van der Waals surface area contributed by atoms with Gasteiger partial charge in [0.15, 0.2) is 5.69 Å². The van der Waals surface area contributed by atoms with Gasteiger partial charge in [-0.05, 0) is 33.3 Å². The van der Waals surface area contributed by atoms with E-state index in [2.05, 4.69) is 22.2 Å². The Morgan fingerprint density at radius 3 is 2.78 bits per heavy atom. The predicted octanol–water partition coefficient (Wildman–Crippen LogP) is 2.64. The lowest BCUT2D eigenvalue weighted by molar-refractivity contribution is 0.00628. The zero-order chi connectivity index (χ0) is 13.6. The summed E-state index contributed by atoms with van der Waals surface area (Å²) < 4.78 is 5.25. The summed E-state index contributed by atoms with van der Waals surface area (Å²) in [7, 11) is 0. The molecule has 0 radical (unpaired) electrons. The van der Waals surface area contributed by atoms with Gasteiger partial charge >= 0.3 is 5.97 Å². The van der Waals surface area contributed by atoms with Crippen molar-refractivity contribution in [2.24, 2.45) is 0 Å². The van der Waals surface area contributed by atoms with Crippen LogP contribution in [-0.2, 0) is 4.74 Å². The number of ether oxygens (including phenoxy) is 1. The molecule has 0 aliphatic carbocycles. The van der Waals surface area contributed by atoms with Gasteiger partial charge in [0.05, 0.1) is 0 Å². The van der Waals surface area contributed by atoms with Crippen LogP contribution in [0.5, 0.6) is 0 Å². The van der Waals surface area contributed by atoms with Crippen LogP contribution in [0.2, 0.25) is 0 Å². The molecule has 5 nitrogen and oxygen atoms in total. The molecule has 0 bridgehead atoms. The van der Waals surface area contributed by atoms with Crippen molar-refractivity contribution in [2.45, 2.75) is 46.1 Å². The average molecular weight is 251 g/mol. The summed E-state index contributed by atoms with van der Waals surface area (Å²) >= 11 is 0. The fourth-order valence-electron chi connectivity index (χ4n) is 1.26. The molecule has 1 aromatic rings. The van der Waals surface area contributed by atoms with Gasteiger partial charge in [0.2, 0.25) is 5.95 Å². The van der Waals surface area contributed by atoms with Gasteiger partial charge in [-0.2, -0.15) is 0 Å². The standard InChI is InChI=1S/C13H21N3O2/c1-5-6-8-14-12-15-9-7-10(16-12)11(17)18-13(2,3)4/h7,9H,5-6,8H2,1-4H3,(H,14,15,16). The maximum Gasteiger partial charge on any atom is 0.357 e. The van der Waals surface area contributed by atoms with E-state index in [4.69, 9.17) is 4.74 Å². The van der Waals surface area contributed by atoms with Gasteiger partial charge in [-0.15, -0.1) is 0 Å². The normalized spacial score (nSPS) is 11.1. The molecule has 0 amide bonds. The van der Waals surface area contributed by atoms with Crippen molar-refractivity contribution in [3.8, 4) is 0 Å². The molecule has 1 aromatic heterocycles. The maximum atomic E-state index is 11.8. The zero-order valence-corrected chi connectivity index (χ0v) is 11.5. The van der Waals surface area contributed by atoms with Crippen molar-refractivity contribution in [3.05, 3.63) is 18.0 Å². The summed E-state index contributed by atoms with van der Waals surface area (Å²) in [5.41, 5.74) is -0.239. The molecule has 18 heavy (non-hydrogen) atoms. The molecule has 0 aliphatic rings. The molecule has 1 rings (SSSR count). The summed E-state index contributed by atoms with van der Waals surface area (Å²) in [5, 5.41) is 3.07. The lowest BCUT2D eigenvalue weighted by atomic mass is 10.2. The van der Waals surface area contributed by atoms with Crippen LogP contribution < -0.4 is 5.32 Å². The summed E-state index contributed by atoms with van der Waals surface area (Å²) in [4.78, 5) is 20.0. The second-order valence-electron chi connectivity index (χ2n) is 5.05. The minimum Gasteiger partial charge on any atom is -0.455 e. The van der Waals surface area contributed by atoms with E-state index >= 15 is 0 Å². The van der Waals surface area contributed by atoms with E-state index in [1.165, 1.54) is 0 Å². The fraction of sp³-hybridized carbons (Fsp3) is 0.615. The Balaban J connectivity index is 2.66. The Kier molecular flexibility index (Phi) is 5.07. The first-order valence-corrected chi connectivity index (χ1v) is 6.22. The first-order chi connectivity index (χ1) is 8.42. The van der Waals surface area contributed by atoms with Gasteiger partial charge in [0.25, 0.3) is 0 Å². The third-order valence-corrected chi connectivity index (χ3v) is 2.08. The SMILES string of the molecule is CCCCNc1nccc(C(=O)OC(C)(C)C)n1. The second-order valence-corrected chi connectivity index (χ2v) is 5.05. The first kappa shape index (κ1) is 14.4. The zero-order valence-electron chi connectivity index (χ0n) is 11.5. The molecular weight excluding hydrogens is 230 g/mol. The largest absolute Gasteiger partial charge is 0.455 e. The number of unbranched alkanes of at least 4 members (excludes halogenated alkanes) is 1. The minimum atomic E-state index is -0.516. The molecule has 0 aliphatic heterocycles. The Labute approximate surface area is 108 Å². The maximum absolute atomic E-state index is 11.8. The van der Waals surface area contributed by atoms with Crippen LogP contribution in [0.25, 0.3) is 0 Å². The molecule has 0 saturated carbocycles. The number of anilines is 1. The molecule has 5 heteroatoms. The topological polar surface area (TPSA) is 64.1 Å². The molecule has 0 unspecified atom stereocenters. The van der Waals surface area contributed by atoms with Gasteiger partial charge in [-0.25, -0.2) is 14.8 Å². The van der Waals surface area contributed by atoms with Crippen LogP contribution in [0, 0.1) is 0 Å². The fourth-order valence-corrected chi connectivity index (χ4v) is 1.26. The number of hydrogen-bond acceptors (Lipinski definition) is 5. The van der Waals surface area contributed by atoms with Gasteiger partial charge in [-0.1, -0.05) is 13.3 Å². The van der Waals surface area contributed by atoms with Crippen LogP contribution in [0.3, 0.4) is 0 Å². The monoisotopic (exact) mass is 251 g/mol. The number of rotatable bonds is 5. The Morgan fingerprint density at radius 1 is 1.44 bits per heavy atom. The van der Waals surface area contributed by atoms with E-state index in [0.717, 1.165) is 19.4 Å². The third kappa shape index (κ3) is 5.12. The number of esters is 1. The van der Waals surface area contributed by atoms with Crippen molar-refractivity contribution < 1.29 is 9.53 Å². The van der Waals surface area contributed by atoms with Gasteiger partial charge in [0, 0.05) is 12.7 Å². The van der Waals surface area contributed by atoms with Gasteiger partial charge in [-0.3, -0.25) is 0 Å². The Hall–Kier alpha value is -1.65. The number of nitrogens with zero attached hydrogens (tertiary/aromatic N) is 2. The molecule has 0 aromatic carbocycles. The minimum absolute atomic E-state index is 0.277. The van der Waals surface area contributed by atoms with Crippen LogP contribution in [0.4, 0.5) is 5.95 Å². The van der Waals surface area contributed by atoms with E-state index < -0.39 is 11.6 Å². The quantitative estimate of drug-likeness (QED) is 0.643. The van der Waals surface area contributed by atoms with E-state index in [1.807, 2.05) is 20.8 Å². The van der Waals surface area contributed by atoms with Crippen LogP contribution in [-0.4, -0.2) is 28.1 Å². The highest BCUT2D eigenvalue weighted by Gasteiger charge is 2.19. The molecule has 0 saturated heterocycles. The molecule has 0 atom stereocenters. The van der Waals surface area contributed by atoms with Crippen molar-refractivity contribution in [1.29, 1.82) is 0 Å². The second kappa shape index (κ2) is 6.33. The van der Waals surface area contributed by atoms with E-state index in [-0.39, 0.29) is 5.69 Å². The smallest absolute Gasteiger partial charge is 0.357 e. The molecular formula is C13H21N3O2. The highest BCUT2D eigenvalue weighted by Crippen LogP contribution is 2.11. The van der Waals surface area contributed by atoms with E-state index in [9.17, 15) is 4.79 Å². The lowest BCUT2D eigenvalue weighted by Crippen LogP contribution is -2.24. The number of carbonyl (C=O) groups excluding carboxylic acids is 1. The van der Waals surface area contributed by atoms with Crippen molar-refractivity contribution >= 4 is 11.9 Å². The number of aromatic nitrogens is 2. The number of nitrogens with one attached hydrogen (secondary N) is 1. The van der Waals surface area contributed by atoms with Crippen LogP contribution >= 0.6 is 0 Å². The van der Waals surface area contributed by atoms with Crippen LogP contribution in [0.1, 0.15) is 51.0 Å².